The SMILES string of the molecule is C/C=C(\C(C)=NC)c1ccnc(C(F)(F)F)c1. The van der Waals surface area contributed by atoms with E-state index in [1.807, 2.05) is 0 Å². The molecule has 2 nitrogen and oxygen atoms in total. The van der Waals surface area contributed by atoms with Gasteiger partial charge in [0, 0.05) is 19.0 Å². The third-order valence-electron chi connectivity index (χ3n) is 2.38. The topological polar surface area (TPSA) is 25.2 Å². The van der Waals surface area contributed by atoms with E-state index in [-0.39, 0.29) is 0 Å². The minimum Gasteiger partial charge on any atom is -0.293 e. The number of allylic oxidation sites excluding steroid dienone is 2. The zero-order valence-corrected chi connectivity index (χ0v) is 9.84. The first-order valence-electron chi connectivity index (χ1n) is 5.03. The molecule has 0 aromatic carbocycles. The molecule has 0 spiro atoms. The molecule has 0 aliphatic rings. The van der Waals surface area contributed by atoms with Crippen LogP contribution in [0, 0.1) is 0 Å². The van der Waals surface area contributed by atoms with Crippen LogP contribution < -0.4 is 0 Å². The number of aliphatic imine (C=N–C) groups is 1. The number of halogens is 3. The summed E-state index contributed by atoms with van der Waals surface area (Å²) in [6, 6.07) is 2.57. The van der Waals surface area contributed by atoms with Crippen LogP contribution in [0.5, 0.6) is 0 Å². The maximum absolute atomic E-state index is 12.5. The van der Waals surface area contributed by atoms with Crippen molar-refractivity contribution < 1.29 is 13.2 Å². The Hall–Kier alpha value is -1.65. The van der Waals surface area contributed by atoms with Gasteiger partial charge in [-0.2, -0.15) is 13.2 Å². The number of rotatable bonds is 2. The first-order valence-corrected chi connectivity index (χ1v) is 5.03. The third-order valence-corrected chi connectivity index (χ3v) is 2.38. The van der Waals surface area contributed by atoms with Gasteiger partial charge in [0.1, 0.15) is 5.69 Å². The van der Waals surface area contributed by atoms with E-state index < -0.39 is 11.9 Å². The fraction of sp³-hybridized carbons (Fsp3) is 0.333. The van der Waals surface area contributed by atoms with Crippen LogP contribution in [0.25, 0.3) is 5.57 Å². The molecule has 1 rings (SSSR count). The van der Waals surface area contributed by atoms with Gasteiger partial charge < -0.3 is 0 Å². The number of hydrogen-bond donors (Lipinski definition) is 0. The van der Waals surface area contributed by atoms with Crippen LogP contribution in [0.1, 0.15) is 25.1 Å². The van der Waals surface area contributed by atoms with Gasteiger partial charge in [-0.05, 0) is 37.1 Å². The van der Waals surface area contributed by atoms with Gasteiger partial charge in [0.2, 0.25) is 0 Å². The zero-order valence-electron chi connectivity index (χ0n) is 9.84. The maximum atomic E-state index is 12.5. The second-order valence-corrected chi connectivity index (χ2v) is 3.44. The Kier molecular flexibility index (Phi) is 4.04. The molecule has 0 saturated carbocycles. The molecule has 0 atom stereocenters. The lowest BCUT2D eigenvalue weighted by molar-refractivity contribution is -0.141. The molecule has 0 saturated heterocycles. The second kappa shape index (κ2) is 5.12. The number of nitrogens with zero attached hydrogens (tertiary/aromatic N) is 2. The van der Waals surface area contributed by atoms with Crippen molar-refractivity contribution in [3.8, 4) is 0 Å². The van der Waals surface area contributed by atoms with E-state index in [1.54, 1.807) is 33.0 Å². The number of pyridine rings is 1. The lowest BCUT2D eigenvalue weighted by Gasteiger charge is -2.10. The lowest BCUT2D eigenvalue weighted by Crippen LogP contribution is -2.09. The molecular weight excluding hydrogens is 229 g/mol. The van der Waals surface area contributed by atoms with Crippen LogP contribution in [0.3, 0.4) is 0 Å². The van der Waals surface area contributed by atoms with Gasteiger partial charge in [0.05, 0.1) is 0 Å². The fourth-order valence-electron chi connectivity index (χ4n) is 1.46. The second-order valence-electron chi connectivity index (χ2n) is 3.44. The molecule has 0 aliphatic heterocycles. The van der Waals surface area contributed by atoms with Gasteiger partial charge >= 0.3 is 6.18 Å². The van der Waals surface area contributed by atoms with Crippen molar-refractivity contribution in [2.75, 3.05) is 7.05 Å². The molecule has 1 heterocycles. The van der Waals surface area contributed by atoms with Crippen molar-refractivity contribution in [1.82, 2.24) is 4.98 Å². The Morgan fingerprint density at radius 2 is 2.06 bits per heavy atom. The average Bonchev–Trinajstić information content (AvgIpc) is 2.29. The van der Waals surface area contributed by atoms with Crippen molar-refractivity contribution in [3.05, 3.63) is 35.7 Å². The lowest BCUT2D eigenvalue weighted by atomic mass is 10.0. The van der Waals surface area contributed by atoms with Gasteiger partial charge in [-0.15, -0.1) is 0 Å². The molecule has 0 bridgehead atoms. The summed E-state index contributed by atoms with van der Waals surface area (Å²) in [5, 5.41) is 0. The largest absolute Gasteiger partial charge is 0.433 e. The number of alkyl halides is 3. The van der Waals surface area contributed by atoms with Gasteiger partial charge in [-0.1, -0.05) is 6.08 Å². The Morgan fingerprint density at radius 1 is 1.41 bits per heavy atom. The van der Waals surface area contributed by atoms with Gasteiger partial charge in [-0.25, -0.2) is 0 Å². The summed E-state index contributed by atoms with van der Waals surface area (Å²) in [6.07, 6.45) is -1.53. The predicted octanol–water partition coefficient (Wildman–Crippen LogP) is 3.59. The van der Waals surface area contributed by atoms with Crippen molar-refractivity contribution in [2.24, 2.45) is 4.99 Å². The van der Waals surface area contributed by atoms with Crippen LogP contribution in [0.2, 0.25) is 0 Å². The van der Waals surface area contributed by atoms with E-state index in [1.165, 1.54) is 0 Å². The minimum absolute atomic E-state index is 0.470. The first-order chi connectivity index (χ1) is 7.90. The monoisotopic (exact) mass is 242 g/mol. The van der Waals surface area contributed by atoms with Crippen molar-refractivity contribution in [1.29, 1.82) is 0 Å². The normalized spacial score (nSPS) is 14.0. The van der Waals surface area contributed by atoms with Crippen LogP contribution in [-0.2, 0) is 6.18 Å². The zero-order chi connectivity index (χ0) is 13.1. The molecule has 0 radical (unpaired) electrons. The van der Waals surface area contributed by atoms with Crippen LogP contribution in [0.15, 0.2) is 29.4 Å². The molecule has 0 amide bonds. The van der Waals surface area contributed by atoms with Gasteiger partial charge in [-0.3, -0.25) is 9.98 Å². The number of aromatic nitrogens is 1. The highest BCUT2D eigenvalue weighted by Crippen LogP contribution is 2.29. The van der Waals surface area contributed by atoms with Gasteiger partial charge in [0.15, 0.2) is 0 Å². The highest BCUT2D eigenvalue weighted by atomic mass is 19.4. The van der Waals surface area contributed by atoms with E-state index in [4.69, 9.17) is 0 Å². The molecular formula is C12H13F3N2. The first kappa shape index (κ1) is 13.4. The Balaban J connectivity index is 3.25. The van der Waals surface area contributed by atoms with Crippen LogP contribution in [-0.4, -0.2) is 17.7 Å². The summed E-state index contributed by atoms with van der Waals surface area (Å²) >= 11 is 0. The van der Waals surface area contributed by atoms with E-state index in [0.29, 0.717) is 16.8 Å². The minimum atomic E-state index is -4.42. The van der Waals surface area contributed by atoms with E-state index in [9.17, 15) is 13.2 Å². The van der Waals surface area contributed by atoms with Crippen molar-refractivity contribution >= 4 is 11.3 Å². The molecule has 1 aromatic rings. The molecule has 5 heteroatoms. The van der Waals surface area contributed by atoms with E-state index in [0.717, 1.165) is 12.3 Å². The molecule has 0 N–H and O–H groups in total. The predicted molar refractivity (Wildman–Crippen MR) is 61.9 cm³/mol. The standard InChI is InChI=1S/C12H13F3N2/c1-4-10(8(2)16-3)9-5-6-17-11(7-9)12(13,14)15/h4-7H,1-3H3/b10-4+,16-8?. The quantitative estimate of drug-likeness (QED) is 0.727. The Morgan fingerprint density at radius 3 is 2.53 bits per heavy atom. The summed E-state index contributed by atoms with van der Waals surface area (Å²) in [5.74, 6) is 0. The summed E-state index contributed by atoms with van der Waals surface area (Å²) < 4.78 is 37.5. The summed E-state index contributed by atoms with van der Waals surface area (Å²) in [4.78, 5) is 7.30. The van der Waals surface area contributed by atoms with Crippen LogP contribution >= 0.6 is 0 Å². The maximum Gasteiger partial charge on any atom is 0.433 e. The van der Waals surface area contributed by atoms with Crippen LogP contribution in [0.4, 0.5) is 13.2 Å². The van der Waals surface area contributed by atoms with E-state index in [2.05, 4.69) is 9.98 Å². The molecule has 0 fully saturated rings. The molecule has 1 aromatic heterocycles. The summed E-state index contributed by atoms with van der Waals surface area (Å²) in [7, 11) is 1.60. The Labute approximate surface area is 97.9 Å². The summed E-state index contributed by atoms with van der Waals surface area (Å²) in [6.45, 7) is 3.51. The molecule has 92 valence electrons. The fourth-order valence-corrected chi connectivity index (χ4v) is 1.46. The smallest absolute Gasteiger partial charge is 0.293 e. The highest BCUT2D eigenvalue weighted by molar-refractivity contribution is 6.22. The van der Waals surface area contributed by atoms with Crippen molar-refractivity contribution in [3.63, 3.8) is 0 Å². The molecule has 17 heavy (non-hydrogen) atoms. The highest BCUT2D eigenvalue weighted by Gasteiger charge is 2.32. The average molecular weight is 242 g/mol. The number of hydrogen-bond acceptors (Lipinski definition) is 2. The molecule has 0 aliphatic carbocycles. The third kappa shape index (κ3) is 3.15. The summed E-state index contributed by atoms with van der Waals surface area (Å²) in [5.41, 5.74) is 0.948. The van der Waals surface area contributed by atoms with E-state index >= 15 is 0 Å². The van der Waals surface area contributed by atoms with Crippen molar-refractivity contribution in [2.45, 2.75) is 20.0 Å². The van der Waals surface area contributed by atoms with Gasteiger partial charge in [0.25, 0.3) is 0 Å². The molecule has 0 unspecified atom stereocenters. The Bertz CT molecular complexity index is 459.